The minimum atomic E-state index is -0.131. The van der Waals surface area contributed by atoms with Crippen LogP contribution in [0.1, 0.15) is 46.0 Å². The first-order valence-electron chi connectivity index (χ1n) is 6.12. The topological polar surface area (TPSA) is 20.3 Å². The van der Waals surface area contributed by atoms with E-state index in [4.69, 9.17) is 0 Å². The van der Waals surface area contributed by atoms with Crippen LogP contribution in [0.3, 0.4) is 0 Å². The second-order valence-electron chi connectivity index (χ2n) is 4.91. The SMILES string of the molecule is CCC[C@]1(C)SCC[C@@H]2CCCN2C1=O. The summed E-state index contributed by atoms with van der Waals surface area (Å²) in [5.74, 6) is 1.57. The third kappa shape index (κ3) is 2.03. The number of carbonyl (C=O) groups excluding carboxylic acids is 1. The Balaban J connectivity index is 2.17. The van der Waals surface area contributed by atoms with E-state index >= 15 is 0 Å². The van der Waals surface area contributed by atoms with E-state index in [1.165, 1.54) is 19.3 Å². The van der Waals surface area contributed by atoms with Gasteiger partial charge in [-0.25, -0.2) is 0 Å². The van der Waals surface area contributed by atoms with Crippen molar-refractivity contribution in [2.24, 2.45) is 0 Å². The number of hydrogen-bond acceptors (Lipinski definition) is 2. The van der Waals surface area contributed by atoms with Gasteiger partial charge in [-0.1, -0.05) is 13.3 Å². The second-order valence-corrected chi connectivity index (χ2v) is 6.51. The molecule has 0 unspecified atom stereocenters. The highest BCUT2D eigenvalue weighted by Gasteiger charge is 2.42. The van der Waals surface area contributed by atoms with Crippen molar-refractivity contribution in [3.05, 3.63) is 0 Å². The molecule has 0 spiro atoms. The van der Waals surface area contributed by atoms with Gasteiger partial charge >= 0.3 is 0 Å². The van der Waals surface area contributed by atoms with Gasteiger partial charge in [-0.05, 0) is 38.4 Å². The van der Waals surface area contributed by atoms with Gasteiger partial charge < -0.3 is 4.90 Å². The lowest BCUT2D eigenvalue weighted by molar-refractivity contribution is -0.134. The number of hydrogen-bond donors (Lipinski definition) is 0. The van der Waals surface area contributed by atoms with Crippen molar-refractivity contribution in [3.63, 3.8) is 0 Å². The fraction of sp³-hybridized carbons (Fsp3) is 0.917. The Kier molecular flexibility index (Phi) is 3.29. The summed E-state index contributed by atoms with van der Waals surface area (Å²) >= 11 is 1.88. The molecule has 2 aliphatic rings. The normalized spacial score (nSPS) is 36.5. The zero-order valence-electron chi connectivity index (χ0n) is 9.79. The standard InChI is InChI=1S/C12H21NOS/c1-3-7-12(2)11(14)13-8-4-5-10(13)6-9-15-12/h10H,3-9H2,1-2H3/t10-,12-/m0/s1. The maximum absolute atomic E-state index is 12.4. The third-order valence-corrected chi connectivity index (χ3v) is 5.14. The van der Waals surface area contributed by atoms with Crippen molar-refractivity contribution < 1.29 is 4.79 Å². The molecule has 0 bridgehead atoms. The molecule has 0 radical (unpaired) electrons. The monoisotopic (exact) mass is 227 g/mol. The largest absolute Gasteiger partial charge is 0.338 e. The molecule has 0 N–H and O–H groups in total. The van der Waals surface area contributed by atoms with Crippen molar-refractivity contribution in [1.29, 1.82) is 0 Å². The smallest absolute Gasteiger partial charge is 0.238 e. The Morgan fingerprint density at radius 1 is 1.53 bits per heavy atom. The van der Waals surface area contributed by atoms with E-state index in [9.17, 15) is 4.79 Å². The summed E-state index contributed by atoms with van der Waals surface area (Å²) in [4.78, 5) is 14.6. The first kappa shape index (κ1) is 11.3. The Bertz CT molecular complexity index is 256. The maximum Gasteiger partial charge on any atom is 0.238 e. The molecule has 0 aromatic rings. The Labute approximate surface area is 96.8 Å². The zero-order valence-corrected chi connectivity index (χ0v) is 10.6. The predicted molar refractivity (Wildman–Crippen MR) is 65.1 cm³/mol. The number of thioether (sulfide) groups is 1. The van der Waals surface area contributed by atoms with Gasteiger partial charge in [0.15, 0.2) is 0 Å². The first-order valence-corrected chi connectivity index (χ1v) is 7.11. The molecule has 15 heavy (non-hydrogen) atoms. The van der Waals surface area contributed by atoms with E-state index in [0.29, 0.717) is 11.9 Å². The molecule has 0 saturated carbocycles. The summed E-state index contributed by atoms with van der Waals surface area (Å²) in [5, 5.41) is 0. The second kappa shape index (κ2) is 4.36. The molecule has 2 fully saturated rings. The van der Waals surface area contributed by atoms with E-state index in [1.54, 1.807) is 0 Å². The molecule has 0 aliphatic carbocycles. The van der Waals surface area contributed by atoms with Crippen LogP contribution < -0.4 is 0 Å². The molecule has 2 heterocycles. The van der Waals surface area contributed by atoms with Crippen LogP contribution in [-0.4, -0.2) is 33.9 Å². The van der Waals surface area contributed by atoms with Gasteiger partial charge in [0, 0.05) is 12.6 Å². The summed E-state index contributed by atoms with van der Waals surface area (Å²) in [6.07, 6.45) is 5.78. The van der Waals surface area contributed by atoms with Gasteiger partial charge in [0.1, 0.15) is 0 Å². The van der Waals surface area contributed by atoms with E-state index in [1.807, 2.05) is 11.8 Å². The van der Waals surface area contributed by atoms with Crippen LogP contribution in [0.5, 0.6) is 0 Å². The predicted octanol–water partition coefficient (Wildman–Crippen LogP) is 2.67. The van der Waals surface area contributed by atoms with Gasteiger partial charge in [-0.3, -0.25) is 4.79 Å². The molecular weight excluding hydrogens is 206 g/mol. The van der Waals surface area contributed by atoms with Crippen molar-refractivity contribution in [1.82, 2.24) is 4.90 Å². The molecule has 2 rings (SSSR count). The summed E-state index contributed by atoms with van der Waals surface area (Å²) in [7, 11) is 0. The highest BCUT2D eigenvalue weighted by atomic mass is 32.2. The van der Waals surface area contributed by atoms with Gasteiger partial charge in [0.25, 0.3) is 0 Å². The number of nitrogens with zero attached hydrogens (tertiary/aromatic N) is 1. The highest BCUT2D eigenvalue weighted by Crippen LogP contribution is 2.39. The quantitative estimate of drug-likeness (QED) is 0.723. The number of rotatable bonds is 2. The van der Waals surface area contributed by atoms with Crippen LogP contribution in [-0.2, 0) is 4.79 Å². The number of carbonyl (C=O) groups is 1. The summed E-state index contributed by atoms with van der Waals surface area (Å²) < 4.78 is -0.131. The van der Waals surface area contributed by atoms with Gasteiger partial charge in [-0.15, -0.1) is 11.8 Å². The van der Waals surface area contributed by atoms with E-state index in [0.717, 1.165) is 25.1 Å². The molecule has 0 aromatic heterocycles. The van der Waals surface area contributed by atoms with Crippen molar-refractivity contribution >= 4 is 17.7 Å². The molecule has 1 amide bonds. The molecule has 3 heteroatoms. The Morgan fingerprint density at radius 2 is 2.33 bits per heavy atom. The van der Waals surface area contributed by atoms with Crippen LogP contribution in [0.15, 0.2) is 0 Å². The summed E-state index contributed by atoms with van der Waals surface area (Å²) in [6.45, 7) is 5.32. The third-order valence-electron chi connectivity index (χ3n) is 3.69. The van der Waals surface area contributed by atoms with E-state index < -0.39 is 0 Å². The highest BCUT2D eigenvalue weighted by molar-refractivity contribution is 8.01. The average molecular weight is 227 g/mol. The summed E-state index contributed by atoms with van der Waals surface area (Å²) in [5.41, 5.74) is 0. The Morgan fingerprint density at radius 3 is 3.07 bits per heavy atom. The average Bonchev–Trinajstić information content (AvgIpc) is 2.61. The molecule has 2 saturated heterocycles. The van der Waals surface area contributed by atoms with E-state index in [-0.39, 0.29) is 4.75 Å². The lowest BCUT2D eigenvalue weighted by atomic mass is 10.0. The van der Waals surface area contributed by atoms with Crippen molar-refractivity contribution in [3.8, 4) is 0 Å². The molecular formula is C12H21NOS. The lowest BCUT2D eigenvalue weighted by Crippen LogP contribution is -2.45. The Hall–Kier alpha value is -0.180. The number of amides is 1. The van der Waals surface area contributed by atoms with Crippen LogP contribution in [0, 0.1) is 0 Å². The molecule has 2 aliphatic heterocycles. The maximum atomic E-state index is 12.4. The van der Waals surface area contributed by atoms with Gasteiger partial charge in [0.05, 0.1) is 4.75 Å². The fourth-order valence-corrected chi connectivity index (χ4v) is 4.27. The van der Waals surface area contributed by atoms with Crippen LogP contribution >= 0.6 is 11.8 Å². The van der Waals surface area contributed by atoms with Crippen LogP contribution in [0.25, 0.3) is 0 Å². The first-order chi connectivity index (χ1) is 7.17. The van der Waals surface area contributed by atoms with Crippen LogP contribution in [0.4, 0.5) is 0 Å². The zero-order chi connectivity index (χ0) is 10.9. The minimum Gasteiger partial charge on any atom is -0.338 e. The minimum absolute atomic E-state index is 0.131. The van der Waals surface area contributed by atoms with Gasteiger partial charge in [-0.2, -0.15) is 0 Å². The molecule has 0 aromatic carbocycles. The molecule has 2 atom stereocenters. The molecule has 2 nitrogen and oxygen atoms in total. The van der Waals surface area contributed by atoms with Crippen molar-refractivity contribution in [2.75, 3.05) is 12.3 Å². The van der Waals surface area contributed by atoms with E-state index in [2.05, 4.69) is 18.7 Å². The number of fused-ring (bicyclic) bond motifs is 1. The molecule has 86 valence electrons. The van der Waals surface area contributed by atoms with Crippen molar-refractivity contribution in [2.45, 2.75) is 56.7 Å². The van der Waals surface area contributed by atoms with Crippen LogP contribution in [0.2, 0.25) is 0 Å². The van der Waals surface area contributed by atoms with Gasteiger partial charge in [0.2, 0.25) is 5.91 Å². The fourth-order valence-electron chi connectivity index (χ4n) is 2.85. The summed E-state index contributed by atoms with van der Waals surface area (Å²) in [6, 6.07) is 0.559. The lowest BCUT2D eigenvalue weighted by Gasteiger charge is -2.31.